The number of ether oxygens (including phenoxy) is 2. The molecule has 0 aliphatic rings. The van der Waals surface area contributed by atoms with E-state index in [2.05, 4.69) is 19.6 Å². The maximum absolute atomic E-state index is 5.96. The summed E-state index contributed by atoms with van der Waals surface area (Å²) in [6.45, 7) is 7.91. The van der Waals surface area contributed by atoms with Crippen LogP contribution in [-0.4, -0.2) is 21.5 Å². The summed E-state index contributed by atoms with van der Waals surface area (Å²) in [6, 6.07) is 6.30. The maximum Gasteiger partial charge on any atom is 0.189 e. The molecule has 0 aliphatic carbocycles. The molecule has 0 fully saturated rings. The topological polar surface area (TPSA) is 44.5 Å². The van der Waals surface area contributed by atoms with E-state index < -0.39 is 8.07 Å². The first-order chi connectivity index (χ1) is 7.88. The predicted octanol–water partition coefficient (Wildman–Crippen LogP) is 3.61. The molecule has 1 aromatic carbocycles. The van der Waals surface area contributed by atoms with E-state index in [1.807, 2.05) is 0 Å². The van der Waals surface area contributed by atoms with Crippen LogP contribution in [0.3, 0.4) is 0 Å². The number of benzene rings is 1. The van der Waals surface area contributed by atoms with Gasteiger partial charge < -0.3 is 15.2 Å². The summed E-state index contributed by atoms with van der Waals surface area (Å²) in [5.74, 6) is 0.605. The monoisotopic (exact) mass is 273 g/mol. The zero-order valence-electron chi connectivity index (χ0n) is 10.6. The average molecular weight is 274 g/mol. The Morgan fingerprint density at radius 2 is 2.00 bits per heavy atom. The minimum Gasteiger partial charge on any atom is -0.466 e. The van der Waals surface area contributed by atoms with Gasteiger partial charge in [0.25, 0.3) is 0 Å². The summed E-state index contributed by atoms with van der Waals surface area (Å²) < 4.78 is 10.8. The number of halogens is 1. The summed E-state index contributed by atoms with van der Waals surface area (Å²) in [6.07, 6.45) is 0. The smallest absolute Gasteiger partial charge is 0.189 e. The Kier molecular flexibility index (Phi) is 5.30. The molecule has 17 heavy (non-hydrogen) atoms. The van der Waals surface area contributed by atoms with E-state index in [0.29, 0.717) is 16.5 Å². The second-order valence-corrected chi connectivity index (χ2v) is 11.2. The average Bonchev–Trinajstić information content (AvgIpc) is 2.18. The third-order valence-corrected chi connectivity index (χ3v) is 4.25. The molecule has 0 radical (unpaired) electrons. The van der Waals surface area contributed by atoms with Crippen LogP contribution in [0.15, 0.2) is 18.2 Å². The van der Waals surface area contributed by atoms with Gasteiger partial charge in [0.05, 0.1) is 5.02 Å². The zero-order chi connectivity index (χ0) is 12.9. The van der Waals surface area contributed by atoms with Gasteiger partial charge in [0.15, 0.2) is 6.79 Å². The standard InChI is InChI=1S/C12H20ClNO2Si/c1-17(2,3)7-6-15-9-16-12-5-4-10(14)8-11(12)13/h4-5,8H,6-7,9,14H2,1-3H3. The molecule has 0 spiro atoms. The molecule has 1 rings (SSSR count). The predicted molar refractivity (Wildman–Crippen MR) is 75.5 cm³/mol. The van der Waals surface area contributed by atoms with E-state index >= 15 is 0 Å². The summed E-state index contributed by atoms with van der Waals surface area (Å²) in [5.41, 5.74) is 6.21. The Hall–Kier alpha value is -0.713. The molecule has 0 aromatic heterocycles. The fraction of sp³-hybridized carbons (Fsp3) is 0.500. The van der Waals surface area contributed by atoms with Crippen molar-refractivity contribution < 1.29 is 9.47 Å². The van der Waals surface area contributed by atoms with Crippen LogP contribution in [0.25, 0.3) is 0 Å². The maximum atomic E-state index is 5.96. The number of nitrogens with two attached hydrogens (primary N) is 1. The second-order valence-electron chi connectivity index (χ2n) is 5.17. The van der Waals surface area contributed by atoms with Gasteiger partial charge in [0.2, 0.25) is 0 Å². The molecule has 0 saturated carbocycles. The van der Waals surface area contributed by atoms with Gasteiger partial charge in [0, 0.05) is 20.4 Å². The number of rotatable bonds is 6. The Bertz CT molecular complexity index is 366. The van der Waals surface area contributed by atoms with Crippen LogP contribution in [0.4, 0.5) is 5.69 Å². The van der Waals surface area contributed by atoms with Crippen LogP contribution in [-0.2, 0) is 4.74 Å². The third kappa shape index (κ3) is 5.96. The summed E-state index contributed by atoms with van der Waals surface area (Å²) >= 11 is 5.96. The van der Waals surface area contributed by atoms with Gasteiger partial charge in [-0.05, 0) is 24.2 Å². The lowest BCUT2D eigenvalue weighted by Gasteiger charge is -2.15. The van der Waals surface area contributed by atoms with Crippen molar-refractivity contribution in [2.75, 3.05) is 19.1 Å². The normalized spacial score (nSPS) is 11.5. The van der Waals surface area contributed by atoms with Crippen molar-refractivity contribution in [3.05, 3.63) is 23.2 Å². The first-order valence-electron chi connectivity index (χ1n) is 5.64. The third-order valence-electron chi connectivity index (χ3n) is 2.25. The number of anilines is 1. The molecule has 1 aromatic rings. The molecule has 0 saturated heterocycles. The Morgan fingerprint density at radius 1 is 1.29 bits per heavy atom. The zero-order valence-corrected chi connectivity index (χ0v) is 12.4. The van der Waals surface area contributed by atoms with Gasteiger partial charge in [-0.25, -0.2) is 0 Å². The molecular weight excluding hydrogens is 254 g/mol. The highest BCUT2D eigenvalue weighted by atomic mass is 35.5. The van der Waals surface area contributed by atoms with E-state index in [0.717, 1.165) is 12.7 Å². The molecule has 0 amide bonds. The highest BCUT2D eigenvalue weighted by molar-refractivity contribution is 6.76. The molecule has 3 nitrogen and oxygen atoms in total. The lowest BCUT2D eigenvalue weighted by Crippen LogP contribution is -2.22. The van der Waals surface area contributed by atoms with E-state index in [9.17, 15) is 0 Å². The Balaban J connectivity index is 2.27. The molecule has 2 N–H and O–H groups in total. The molecular formula is C12H20ClNO2Si. The van der Waals surface area contributed by atoms with Crippen LogP contribution in [0, 0.1) is 0 Å². The van der Waals surface area contributed by atoms with Crippen molar-refractivity contribution in [1.82, 2.24) is 0 Å². The molecule has 0 atom stereocenters. The van der Waals surface area contributed by atoms with Gasteiger partial charge in [-0.2, -0.15) is 0 Å². The molecule has 0 bridgehead atoms. The van der Waals surface area contributed by atoms with Crippen molar-refractivity contribution in [3.63, 3.8) is 0 Å². The number of hydrogen-bond donors (Lipinski definition) is 1. The molecule has 0 aliphatic heterocycles. The van der Waals surface area contributed by atoms with E-state index in [1.54, 1.807) is 18.2 Å². The van der Waals surface area contributed by atoms with Gasteiger partial charge in [0.1, 0.15) is 5.75 Å². The van der Waals surface area contributed by atoms with Crippen LogP contribution in [0.5, 0.6) is 5.75 Å². The lowest BCUT2D eigenvalue weighted by molar-refractivity contribution is 0.0221. The molecule has 96 valence electrons. The molecule has 5 heteroatoms. The Morgan fingerprint density at radius 3 is 2.59 bits per heavy atom. The van der Waals surface area contributed by atoms with Crippen LogP contribution >= 0.6 is 11.6 Å². The minimum absolute atomic E-state index is 0.230. The van der Waals surface area contributed by atoms with E-state index in [-0.39, 0.29) is 6.79 Å². The van der Waals surface area contributed by atoms with Gasteiger partial charge in [-0.15, -0.1) is 0 Å². The SMILES string of the molecule is C[Si](C)(C)CCOCOc1ccc(N)cc1Cl. The quantitative estimate of drug-likeness (QED) is 0.373. The summed E-state index contributed by atoms with van der Waals surface area (Å²) in [4.78, 5) is 0. The van der Waals surface area contributed by atoms with Gasteiger partial charge in [-0.1, -0.05) is 31.2 Å². The molecule has 0 unspecified atom stereocenters. The van der Waals surface area contributed by atoms with E-state index in [4.69, 9.17) is 26.8 Å². The largest absolute Gasteiger partial charge is 0.466 e. The summed E-state index contributed by atoms with van der Waals surface area (Å²) in [7, 11) is -1.03. The molecule has 0 heterocycles. The van der Waals surface area contributed by atoms with Gasteiger partial charge >= 0.3 is 0 Å². The van der Waals surface area contributed by atoms with Crippen LogP contribution in [0.1, 0.15) is 0 Å². The highest BCUT2D eigenvalue weighted by Gasteiger charge is 2.12. The van der Waals surface area contributed by atoms with Gasteiger partial charge in [-0.3, -0.25) is 0 Å². The first-order valence-corrected chi connectivity index (χ1v) is 9.72. The highest BCUT2D eigenvalue weighted by Crippen LogP contribution is 2.26. The van der Waals surface area contributed by atoms with Crippen LogP contribution in [0.2, 0.25) is 30.7 Å². The fourth-order valence-electron chi connectivity index (χ4n) is 1.18. The fourth-order valence-corrected chi connectivity index (χ4v) is 2.18. The van der Waals surface area contributed by atoms with Crippen molar-refractivity contribution in [1.29, 1.82) is 0 Å². The van der Waals surface area contributed by atoms with Crippen molar-refractivity contribution in [2.45, 2.75) is 25.7 Å². The first kappa shape index (κ1) is 14.3. The Labute approximate surface area is 109 Å². The van der Waals surface area contributed by atoms with Crippen molar-refractivity contribution in [2.24, 2.45) is 0 Å². The van der Waals surface area contributed by atoms with Crippen molar-refractivity contribution >= 4 is 25.4 Å². The van der Waals surface area contributed by atoms with Crippen molar-refractivity contribution in [3.8, 4) is 5.75 Å². The van der Waals surface area contributed by atoms with E-state index in [1.165, 1.54) is 0 Å². The number of hydrogen-bond acceptors (Lipinski definition) is 3. The number of nitrogen functional groups attached to an aromatic ring is 1. The lowest BCUT2D eigenvalue weighted by atomic mass is 10.3. The van der Waals surface area contributed by atoms with Crippen LogP contribution < -0.4 is 10.5 Å². The second kappa shape index (κ2) is 6.28. The minimum atomic E-state index is -1.03. The summed E-state index contributed by atoms with van der Waals surface area (Å²) in [5, 5.41) is 0.513.